The first kappa shape index (κ1) is 16.6. The van der Waals surface area contributed by atoms with Crippen LogP contribution in [0.1, 0.15) is 46.7 Å². The number of hydrogen-bond acceptors (Lipinski definition) is 6. The molecule has 1 atom stereocenters. The number of Topliss-reactive ketones (excluding diaryl/α,β-unsaturated/α-hetero) is 1. The number of hydrogen-bond donors (Lipinski definition) is 0. The lowest BCUT2D eigenvalue weighted by Crippen LogP contribution is -2.33. The highest BCUT2D eigenvalue weighted by atomic mass is 32.1. The maximum Gasteiger partial charge on any atom is 0.188 e. The lowest BCUT2D eigenvalue weighted by Gasteiger charge is -2.31. The molecule has 0 aromatic carbocycles. The number of carbonyl (C=O) groups excluding carboxylic acids is 1. The molecule has 0 aliphatic carbocycles. The van der Waals surface area contributed by atoms with Crippen LogP contribution in [0.2, 0.25) is 0 Å². The van der Waals surface area contributed by atoms with Crippen LogP contribution >= 0.6 is 11.3 Å². The summed E-state index contributed by atoms with van der Waals surface area (Å²) in [6.07, 6.45) is 3.92. The second-order valence-corrected chi connectivity index (χ2v) is 7.22. The fourth-order valence-corrected chi connectivity index (χ4v) is 3.69. The van der Waals surface area contributed by atoms with Gasteiger partial charge in [0.25, 0.3) is 0 Å². The second kappa shape index (κ2) is 7.10. The molecule has 124 valence electrons. The number of pyridine rings is 1. The molecule has 0 N–H and O–H groups in total. The fourth-order valence-electron chi connectivity index (χ4n) is 2.85. The molecule has 0 bridgehead atoms. The van der Waals surface area contributed by atoms with Crippen molar-refractivity contribution in [2.75, 3.05) is 18.0 Å². The monoisotopic (exact) mass is 340 g/mol. The molecule has 0 unspecified atom stereocenters. The highest BCUT2D eigenvalue weighted by Gasteiger charge is 2.25. The van der Waals surface area contributed by atoms with E-state index in [1.54, 1.807) is 12.3 Å². The van der Waals surface area contributed by atoms with Crippen LogP contribution in [0.25, 0.3) is 0 Å². The van der Waals surface area contributed by atoms with Gasteiger partial charge in [0.05, 0.1) is 6.07 Å². The first-order valence-corrected chi connectivity index (χ1v) is 9.03. The highest BCUT2D eigenvalue weighted by molar-refractivity contribution is 7.10. The van der Waals surface area contributed by atoms with E-state index in [4.69, 9.17) is 0 Å². The minimum atomic E-state index is -0.854. The molecule has 1 aliphatic rings. The zero-order valence-electron chi connectivity index (χ0n) is 13.9. The molecule has 24 heavy (non-hydrogen) atoms. The molecule has 5 nitrogen and oxygen atoms in total. The normalized spacial score (nSPS) is 16.6. The molecule has 0 radical (unpaired) electrons. The molecule has 3 rings (SSSR count). The van der Waals surface area contributed by atoms with Gasteiger partial charge in [0.15, 0.2) is 11.7 Å². The Bertz CT molecular complexity index is 754. The van der Waals surface area contributed by atoms with Gasteiger partial charge in [-0.1, -0.05) is 6.92 Å². The van der Waals surface area contributed by atoms with E-state index in [9.17, 15) is 10.1 Å². The zero-order valence-corrected chi connectivity index (χ0v) is 14.7. The van der Waals surface area contributed by atoms with E-state index in [2.05, 4.69) is 27.9 Å². The standard InChI is InChI=1S/C18H20N4OS/c1-12-5-7-22(8-6-12)16-4-3-14(10-20-16)17(23)15(9-19)18-21-13(2)11-24-18/h3-4,10-12,15H,5-8H2,1-2H3/t15-/m0/s1. The number of thiazole rings is 1. The van der Waals surface area contributed by atoms with Crippen LogP contribution in [0.15, 0.2) is 23.7 Å². The summed E-state index contributed by atoms with van der Waals surface area (Å²) in [6, 6.07) is 5.72. The van der Waals surface area contributed by atoms with Crippen LogP contribution in [0, 0.1) is 24.2 Å². The summed E-state index contributed by atoms with van der Waals surface area (Å²) in [5.74, 6) is 0.572. The van der Waals surface area contributed by atoms with Gasteiger partial charge in [-0.05, 0) is 37.8 Å². The van der Waals surface area contributed by atoms with E-state index in [1.165, 1.54) is 24.2 Å². The summed E-state index contributed by atoms with van der Waals surface area (Å²) in [5, 5.41) is 11.8. The SMILES string of the molecule is Cc1csc([C@@H](C#N)C(=O)c2ccc(N3CCC(C)CC3)nc2)n1. The Balaban J connectivity index is 1.75. The van der Waals surface area contributed by atoms with E-state index < -0.39 is 5.92 Å². The van der Waals surface area contributed by atoms with Gasteiger partial charge in [-0.25, -0.2) is 9.97 Å². The largest absolute Gasteiger partial charge is 0.357 e. The third-order valence-corrected chi connectivity index (χ3v) is 5.44. The van der Waals surface area contributed by atoms with Crippen molar-refractivity contribution in [3.63, 3.8) is 0 Å². The second-order valence-electron chi connectivity index (χ2n) is 6.33. The summed E-state index contributed by atoms with van der Waals surface area (Å²) in [4.78, 5) is 23.6. The van der Waals surface area contributed by atoms with Crippen molar-refractivity contribution in [1.82, 2.24) is 9.97 Å². The first-order chi connectivity index (χ1) is 11.6. The summed E-state index contributed by atoms with van der Waals surface area (Å²) >= 11 is 1.35. The Labute approximate surface area is 146 Å². The molecule has 1 fully saturated rings. The van der Waals surface area contributed by atoms with E-state index in [0.29, 0.717) is 10.6 Å². The predicted octanol–water partition coefficient (Wildman–Crippen LogP) is 3.57. The number of piperidine rings is 1. The van der Waals surface area contributed by atoms with Gasteiger partial charge in [-0.3, -0.25) is 4.79 Å². The Morgan fingerprint density at radius 2 is 2.17 bits per heavy atom. The summed E-state index contributed by atoms with van der Waals surface area (Å²) in [7, 11) is 0. The number of aryl methyl sites for hydroxylation is 1. The van der Waals surface area contributed by atoms with Crippen molar-refractivity contribution < 1.29 is 4.79 Å². The number of anilines is 1. The van der Waals surface area contributed by atoms with Crippen LogP contribution in [0.3, 0.4) is 0 Å². The quantitative estimate of drug-likeness (QED) is 0.796. The number of nitriles is 1. The average molecular weight is 340 g/mol. The number of nitrogens with zero attached hydrogens (tertiary/aromatic N) is 4. The fraction of sp³-hybridized carbons (Fsp3) is 0.444. The van der Waals surface area contributed by atoms with Crippen molar-refractivity contribution in [2.24, 2.45) is 5.92 Å². The summed E-state index contributed by atoms with van der Waals surface area (Å²) < 4.78 is 0. The van der Waals surface area contributed by atoms with Gasteiger partial charge >= 0.3 is 0 Å². The zero-order chi connectivity index (χ0) is 17.1. The van der Waals surface area contributed by atoms with Gasteiger partial charge in [0.2, 0.25) is 0 Å². The molecule has 1 aliphatic heterocycles. The molecule has 3 heterocycles. The third-order valence-electron chi connectivity index (χ3n) is 4.42. The summed E-state index contributed by atoms with van der Waals surface area (Å²) in [5.41, 5.74) is 1.29. The minimum Gasteiger partial charge on any atom is -0.357 e. The molecule has 6 heteroatoms. The number of rotatable bonds is 4. The average Bonchev–Trinajstić information content (AvgIpc) is 3.02. The molecule has 1 saturated heterocycles. The Morgan fingerprint density at radius 3 is 2.71 bits per heavy atom. The Hall–Kier alpha value is -2.26. The van der Waals surface area contributed by atoms with Crippen molar-refractivity contribution in [1.29, 1.82) is 5.26 Å². The Kier molecular flexibility index (Phi) is 4.91. The van der Waals surface area contributed by atoms with Crippen LogP contribution < -0.4 is 4.90 Å². The van der Waals surface area contributed by atoms with E-state index in [-0.39, 0.29) is 5.78 Å². The molecular weight excluding hydrogens is 320 g/mol. The molecule has 0 spiro atoms. The topological polar surface area (TPSA) is 69.9 Å². The van der Waals surface area contributed by atoms with E-state index in [0.717, 1.165) is 30.5 Å². The number of ketones is 1. The number of aromatic nitrogens is 2. The van der Waals surface area contributed by atoms with Crippen LogP contribution in [0.4, 0.5) is 5.82 Å². The molecular formula is C18H20N4OS. The first-order valence-electron chi connectivity index (χ1n) is 8.15. The van der Waals surface area contributed by atoms with Crippen LogP contribution in [-0.2, 0) is 0 Å². The van der Waals surface area contributed by atoms with Gasteiger partial charge < -0.3 is 4.90 Å². The Morgan fingerprint density at radius 1 is 1.42 bits per heavy atom. The van der Waals surface area contributed by atoms with Gasteiger partial charge in [0.1, 0.15) is 10.8 Å². The molecule has 2 aromatic rings. The van der Waals surface area contributed by atoms with Crippen molar-refractivity contribution in [3.8, 4) is 6.07 Å². The van der Waals surface area contributed by atoms with Crippen molar-refractivity contribution >= 4 is 22.9 Å². The van der Waals surface area contributed by atoms with Gasteiger partial charge in [-0.2, -0.15) is 5.26 Å². The minimum absolute atomic E-state index is 0.238. The third kappa shape index (κ3) is 3.46. The van der Waals surface area contributed by atoms with Crippen LogP contribution in [0.5, 0.6) is 0 Å². The maximum atomic E-state index is 12.6. The maximum absolute atomic E-state index is 12.6. The van der Waals surface area contributed by atoms with Crippen molar-refractivity contribution in [3.05, 3.63) is 40.0 Å². The molecule has 2 aromatic heterocycles. The smallest absolute Gasteiger partial charge is 0.188 e. The van der Waals surface area contributed by atoms with E-state index >= 15 is 0 Å². The predicted molar refractivity (Wildman–Crippen MR) is 94.4 cm³/mol. The van der Waals surface area contributed by atoms with Gasteiger partial charge in [-0.15, -0.1) is 11.3 Å². The molecule has 0 saturated carbocycles. The lowest BCUT2D eigenvalue weighted by molar-refractivity contribution is 0.0978. The van der Waals surface area contributed by atoms with Crippen molar-refractivity contribution in [2.45, 2.75) is 32.6 Å². The lowest BCUT2D eigenvalue weighted by atomic mass is 9.99. The molecule has 0 amide bonds. The van der Waals surface area contributed by atoms with Crippen LogP contribution in [-0.4, -0.2) is 28.8 Å². The highest BCUT2D eigenvalue weighted by Crippen LogP contribution is 2.25. The van der Waals surface area contributed by atoms with E-state index in [1.807, 2.05) is 18.4 Å². The summed E-state index contributed by atoms with van der Waals surface area (Å²) in [6.45, 7) is 6.13. The number of carbonyl (C=O) groups is 1. The van der Waals surface area contributed by atoms with Gasteiger partial charge in [0, 0.05) is 35.9 Å².